The quantitative estimate of drug-likeness (QED) is 0.580. The van der Waals surface area contributed by atoms with E-state index in [0.29, 0.717) is 11.8 Å². The topological polar surface area (TPSA) is 92.8 Å². The number of nitrogens with two attached hydrogens (primary N) is 1. The van der Waals surface area contributed by atoms with Crippen LogP contribution in [0.15, 0.2) is 4.99 Å². The summed E-state index contributed by atoms with van der Waals surface area (Å²) < 4.78 is 0. The highest BCUT2D eigenvalue weighted by atomic mass is 15.5. The van der Waals surface area contributed by atoms with Gasteiger partial charge in [-0.2, -0.15) is 5.21 Å². The van der Waals surface area contributed by atoms with Gasteiger partial charge in [-0.15, -0.1) is 10.2 Å². The van der Waals surface area contributed by atoms with Gasteiger partial charge in [-0.1, -0.05) is 19.1 Å². The van der Waals surface area contributed by atoms with Crippen LogP contribution in [-0.2, 0) is 0 Å². The van der Waals surface area contributed by atoms with E-state index in [9.17, 15) is 0 Å². The Balaban J connectivity index is 2.40. The molecule has 96 valence electrons. The van der Waals surface area contributed by atoms with Crippen molar-refractivity contribution in [3.05, 3.63) is 5.82 Å². The van der Waals surface area contributed by atoms with Gasteiger partial charge in [-0.3, -0.25) is 4.99 Å². The number of tetrazole rings is 1. The lowest BCUT2D eigenvalue weighted by Gasteiger charge is -2.14. The van der Waals surface area contributed by atoms with Gasteiger partial charge in [0.05, 0.1) is 5.84 Å². The number of hydrogen-bond donors (Lipinski definition) is 2. The number of nitrogens with one attached hydrogen (secondary N) is 1. The van der Waals surface area contributed by atoms with Crippen LogP contribution in [0.4, 0.5) is 0 Å². The minimum Gasteiger partial charge on any atom is -0.387 e. The first-order valence-electron chi connectivity index (χ1n) is 6.07. The summed E-state index contributed by atoms with van der Waals surface area (Å²) in [6, 6.07) is 0.257. The van der Waals surface area contributed by atoms with Crippen LogP contribution in [0.1, 0.15) is 52.3 Å². The first kappa shape index (κ1) is 13.6. The molecule has 0 amide bonds. The third kappa shape index (κ3) is 4.50. The Morgan fingerprint density at radius 2 is 2.00 bits per heavy atom. The largest absolute Gasteiger partial charge is 0.387 e. The van der Waals surface area contributed by atoms with E-state index in [-0.39, 0.29) is 6.04 Å². The molecule has 3 N–H and O–H groups in total. The van der Waals surface area contributed by atoms with E-state index >= 15 is 0 Å². The lowest BCUT2D eigenvalue weighted by Crippen LogP contribution is -2.23. The van der Waals surface area contributed by atoms with Gasteiger partial charge < -0.3 is 5.73 Å². The molecule has 0 fully saturated rings. The monoisotopic (exact) mass is 238 g/mol. The van der Waals surface area contributed by atoms with Crippen molar-refractivity contribution in [1.29, 1.82) is 0 Å². The van der Waals surface area contributed by atoms with Crippen molar-refractivity contribution in [2.24, 2.45) is 16.6 Å². The van der Waals surface area contributed by atoms with Crippen molar-refractivity contribution < 1.29 is 0 Å². The van der Waals surface area contributed by atoms with Gasteiger partial charge in [-0.25, -0.2) is 0 Å². The van der Waals surface area contributed by atoms with Gasteiger partial charge in [0.15, 0.2) is 5.82 Å². The van der Waals surface area contributed by atoms with E-state index in [1.165, 1.54) is 0 Å². The maximum absolute atomic E-state index is 5.92. The lowest BCUT2D eigenvalue weighted by atomic mass is 9.97. The molecule has 0 aromatic carbocycles. The molecule has 0 radical (unpaired) electrons. The minimum absolute atomic E-state index is 0.257. The van der Waals surface area contributed by atoms with Crippen molar-refractivity contribution >= 4 is 5.84 Å². The Morgan fingerprint density at radius 3 is 2.53 bits per heavy atom. The second kappa shape index (κ2) is 6.32. The average molecular weight is 238 g/mol. The zero-order valence-corrected chi connectivity index (χ0v) is 11.0. The molecule has 1 aromatic rings. The van der Waals surface area contributed by atoms with E-state index in [0.717, 1.165) is 24.5 Å². The Bertz CT molecular complexity index is 343. The summed E-state index contributed by atoms with van der Waals surface area (Å²) in [4.78, 5) is 4.36. The fourth-order valence-electron chi connectivity index (χ4n) is 1.58. The summed E-state index contributed by atoms with van der Waals surface area (Å²) >= 11 is 0. The molecule has 0 aliphatic heterocycles. The number of aromatic nitrogens is 4. The summed E-state index contributed by atoms with van der Waals surface area (Å²) in [5.41, 5.74) is 5.92. The van der Waals surface area contributed by atoms with Crippen molar-refractivity contribution in [3.8, 4) is 0 Å². The van der Waals surface area contributed by atoms with Gasteiger partial charge in [0.2, 0.25) is 0 Å². The Kier molecular flexibility index (Phi) is 5.06. The first-order chi connectivity index (χ1) is 8.00. The molecular formula is C11H22N6. The van der Waals surface area contributed by atoms with Crippen LogP contribution in [-0.4, -0.2) is 32.5 Å². The highest BCUT2D eigenvalue weighted by Crippen LogP contribution is 2.19. The van der Waals surface area contributed by atoms with Crippen molar-refractivity contribution in [2.75, 3.05) is 0 Å². The molecule has 0 saturated carbocycles. The number of nitrogens with zero attached hydrogens (tertiary/aromatic N) is 4. The molecule has 0 aliphatic rings. The fourth-order valence-corrected chi connectivity index (χ4v) is 1.58. The summed E-state index contributed by atoms with van der Waals surface area (Å²) in [5.74, 6) is 2.09. The van der Waals surface area contributed by atoms with Crippen molar-refractivity contribution in [3.63, 3.8) is 0 Å². The highest BCUT2D eigenvalue weighted by Gasteiger charge is 2.14. The number of aromatic amines is 1. The number of aliphatic imine (C=N–C) groups is 1. The smallest absolute Gasteiger partial charge is 0.177 e. The lowest BCUT2D eigenvalue weighted by molar-refractivity contribution is 0.550. The van der Waals surface area contributed by atoms with E-state index in [4.69, 9.17) is 5.73 Å². The molecule has 0 bridgehead atoms. The van der Waals surface area contributed by atoms with E-state index in [2.05, 4.69) is 39.5 Å². The van der Waals surface area contributed by atoms with Crippen LogP contribution in [0.25, 0.3) is 0 Å². The molecule has 6 nitrogen and oxygen atoms in total. The normalized spacial score (nSPS) is 16.2. The molecule has 0 spiro atoms. The van der Waals surface area contributed by atoms with Crippen LogP contribution in [0.3, 0.4) is 0 Å². The SMILES string of the molecule is CC(C)/N=C(\N)C(C)CCC(C)c1nn[nH]n1. The van der Waals surface area contributed by atoms with Crippen LogP contribution in [0, 0.1) is 5.92 Å². The van der Waals surface area contributed by atoms with Gasteiger partial charge in [-0.05, 0) is 26.7 Å². The summed E-state index contributed by atoms with van der Waals surface area (Å²) in [5, 5.41) is 14.0. The van der Waals surface area contributed by atoms with Gasteiger partial charge in [0.1, 0.15) is 0 Å². The number of H-pyrrole nitrogens is 1. The molecule has 1 aromatic heterocycles. The third-order valence-corrected chi connectivity index (χ3v) is 2.75. The molecule has 0 aliphatic carbocycles. The van der Waals surface area contributed by atoms with Crippen LogP contribution in [0.5, 0.6) is 0 Å². The van der Waals surface area contributed by atoms with Crippen molar-refractivity contribution in [1.82, 2.24) is 20.6 Å². The minimum atomic E-state index is 0.257. The van der Waals surface area contributed by atoms with Crippen LogP contribution in [0.2, 0.25) is 0 Å². The molecular weight excluding hydrogens is 216 g/mol. The van der Waals surface area contributed by atoms with Gasteiger partial charge in [0.25, 0.3) is 0 Å². The number of hydrogen-bond acceptors (Lipinski definition) is 4. The Labute approximate surface area is 102 Å². The standard InChI is InChI=1S/C11H22N6/c1-7(2)13-10(12)8(3)5-6-9(4)11-14-16-17-15-11/h7-9H,5-6H2,1-4H3,(H2,12,13)(H,14,15,16,17). The zero-order chi connectivity index (χ0) is 12.8. The predicted octanol–water partition coefficient (Wildman–Crippen LogP) is 1.49. The first-order valence-corrected chi connectivity index (χ1v) is 6.07. The Hall–Kier alpha value is -1.46. The maximum Gasteiger partial charge on any atom is 0.177 e. The average Bonchev–Trinajstić information content (AvgIpc) is 2.77. The summed E-state index contributed by atoms with van der Waals surface area (Å²) in [6.07, 6.45) is 1.97. The second-order valence-corrected chi connectivity index (χ2v) is 4.80. The molecule has 6 heteroatoms. The molecule has 1 heterocycles. The molecule has 1 rings (SSSR count). The maximum atomic E-state index is 5.92. The highest BCUT2D eigenvalue weighted by molar-refractivity contribution is 5.82. The zero-order valence-electron chi connectivity index (χ0n) is 11.0. The molecule has 0 saturated heterocycles. The van der Waals surface area contributed by atoms with Crippen molar-refractivity contribution in [2.45, 2.75) is 52.5 Å². The van der Waals surface area contributed by atoms with Crippen LogP contribution < -0.4 is 5.73 Å². The Morgan fingerprint density at radius 1 is 1.29 bits per heavy atom. The molecule has 17 heavy (non-hydrogen) atoms. The second-order valence-electron chi connectivity index (χ2n) is 4.80. The summed E-state index contributed by atoms with van der Waals surface area (Å²) in [6.45, 7) is 8.25. The van der Waals surface area contributed by atoms with E-state index in [1.54, 1.807) is 0 Å². The predicted molar refractivity (Wildman–Crippen MR) is 67.7 cm³/mol. The molecule has 2 unspecified atom stereocenters. The van der Waals surface area contributed by atoms with E-state index < -0.39 is 0 Å². The third-order valence-electron chi connectivity index (χ3n) is 2.75. The number of amidine groups is 1. The number of rotatable bonds is 6. The molecule has 2 atom stereocenters. The van der Waals surface area contributed by atoms with Gasteiger partial charge >= 0.3 is 0 Å². The van der Waals surface area contributed by atoms with E-state index in [1.807, 2.05) is 13.8 Å². The van der Waals surface area contributed by atoms with Crippen LogP contribution >= 0.6 is 0 Å². The fraction of sp³-hybridized carbons (Fsp3) is 0.818. The summed E-state index contributed by atoms with van der Waals surface area (Å²) in [7, 11) is 0. The van der Waals surface area contributed by atoms with Gasteiger partial charge in [0, 0.05) is 17.9 Å².